The first-order valence-electron chi connectivity index (χ1n) is 15.3. The number of hydrogen-bond acceptors (Lipinski definition) is 9. The van der Waals surface area contributed by atoms with Crippen molar-refractivity contribution in [2.24, 2.45) is 22.4 Å². The number of nitrogens with one attached hydrogen (secondary N) is 4. The highest BCUT2D eigenvalue weighted by Crippen LogP contribution is 2.37. The number of rotatable bonds is 7. The highest BCUT2D eigenvalue weighted by atomic mass is 35.5. The van der Waals surface area contributed by atoms with Gasteiger partial charge in [0.25, 0.3) is 0 Å². The molecule has 0 bridgehead atoms. The van der Waals surface area contributed by atoms with E-state index < -0.39 is 66.2 Å². The lowest BCUT2D eigenvalue weighted by molar-refractivity contribution is -0.193. The quantitative estimate of drug-likeness (QED) is 0.0828. The van der Waals surface area contributed by atoms with E-state index in [0.717, 1.165) is 22.8 Å². The third kappa shape index (κ3) is 17.5. The summed E-state index contributed by atoms with van der Waals surface area (Å²) in [6, 6.07) is 9.12. The van der Waals surface area contributed by atoms with Crippen LogP contribution in [0.5, 0.6) is 0 Å². The Morgan fingerprint density at radius 2 is 1.35 bits per heavy atom. The van der Waals surface area contributed by atoms with Crippen molar-refractivity contribution in [3.05, 3.63) is 63.9 Å². The lowest BCUT2D eigenvalue weighted by Gasteiger charge is -2.21. The van der Waals surface area contributed by atoms with Gasteiger partial charge < -0.3 is 53.2 Å². The number of halogens is 11. The van der Waals surface area contributed by atoms with Gasteiger partial charge in [0, 0.05) is 43.8 Å². The number of amides is 2. The van der Waals surface area contributed by atoms with Crippen molar-refractivity contribution < 1.29 is 88.3 Å². The van der Waals surface area contributed by atoms with Gasteiger partial charge >= 0.3 is 48.3 Å². The van der Waals surface area contributed by atoms with Gasteiger partial charge in [0.15, 0.2) is 5.96 Å². The summed E-state index contributed by atoms with van der Waals surface area (Å²) in [6.45, 7) is 2.10. The molecule has 57 heavy (non-hydrogen) atoms. The van der Waals surface area contributed by atoms with Crippen LogP contribution in [0.1, 0.15) is 22.7 Å². The molecule has 2 aliphatic rings. The summed E-state index contributed by atoms with van der Waals surface area (Å²) in [6.07, 6.45) is -15.1. The van der Waals surface area contributed by atoms with Crippen molar-refractivity contribution in [1.82, 2.24) is 16.0 Å². The number of aliphatic hydroxyl groups excluding tert-OH is 1. The van der Waals surface area contributed by atoms with Gasteiger partial charge in [-0.3, -0.25) is 14.6 Å². The molecule has 16 nitrogen and oxygen atoms in total. The normalized spacial score (nSPS) is 18.5. The molecule has 2 amide bonds. The van der Waals surface area contributed by atoms with Crippen LogP contribution in [0.25, 0.3) is 0 Å². The smallest absolute Gasteiger partial charge is 0.475 e. The van der Waals surface area contributed by atoms with Crippen LogP contribution in [0.15, 0.2) is 41.4 Å². The number of aliphatic hydroxyl groups is 1. The number of alkyl halides is 9. The number of aliphatic imine (C=N–C) groups is 1. The van der Waals surface area contributed by atoms with Crippen molar-refractivity contribution in [2.75, 3.05) is 25.0 Å². The molecule has 0 aromatic heterocycles. The van der Waals surface area contributed by atoms with Gasteiger partial charge in [0.2, 0.25) is 0 Å². The van der Waals surface area contributed by atoms with E-state index in [-0.39, 0.29) is 35.2 Å². The summed E-state index contributed by atoms with van der Waals surface area (Å²) in [5.41, 5.74) is 14.1. The Kier molecular flexibility index (Phi) is 18.4. The number of benzene rings is 2. The van der Waals surface area contributed by atoms with Crippen LogP contribution >= 0.6 is 11.6 Å². The molecular formula is C30H32ClF10N7O9. The summed E-state index contributed by atoms with van der Waals surface area (Å²) < 4.78 is 109. The van der Waals surface area contributed by atoms with Crippen molar-refractivity contribution >= 4 is 53.0 Å². The van der Waals surface area contributed by atoms with Crippen LogP contribution in [-0.2, 0) is 36.9 Å². The molecule has 1 aliphatic carbocycles. The van der Waals surface area contributed by atoms with E-state index >= 15 is 0 Å². The standard InChI is InChI=1S/C24H29ClFN7O3.3C2HF3O2/c25-17-4-2-15(7-18(17)26)32-22(35)23(36)33-21-14(9-31-24(27)28)6-13-5-12(1-3-16(13)21)8-30-19-10-29-11-20(19)34;3*3-2(4,5)1(6)7/h1-5,7,14,19-21,29-30,34H,6,8-11H2,(H,32,35)(H,33,36)(H4,27,28,31);3*(H,6,7)/t14-,19+,20+,21-;;;/m1.../s1. The summed E-state index contributed by atoms with van der Waals surface area (Å²) in [7, 11) is 0. The Hall–Kier alpha value is -5.47. The highest BCUT2D eigenvalue weighted by molar-refractivity contribution is 6.39. The van der Waals surface area contributed by atoms with E-state index in [4.69, 9.17) is 52.8 Å². The molecule has 0 unspecified atom stereocenters. The van der Waals surface area contributed by atoms with Crippen LogP contribution in [0, 0.1) is 11.7 Å². The zero-order valence-electron chi connectivity index (χ0n) is 28.4. The molecule has 0 radical (unpaired) electrons. The molecule has 1 saturated heterocycles. The Morgan fingerprint density at radius 3 is 1.79 bits per heavy atom. The summed E-state index contributed by atoms with van der Waals surface area (Å²) in [5, 5.41) is 42.9. The zero-order chi connectivity index (χ0) is 44.1. The van der Waals surface area contributed by atoms with Crippen molar-refractivity contribution in [1.29, 1.82) is 0 Å². The van der Waals surface area contributed by atoms with Gasteiger partial charge in [-0.1, -0.05) is 29.8 Å². The van der Waals surface area contributed by atoms with Crippen LogP contribution in [-0.4, -0.2) is 106 Å². The van der Waals surface area contributed by atoms with Crippen LogP contribution < -0.4 is 32.7 Å². The van der Waals surface area contributed by atoms with Crippen molar-refractivity contribution in [3.8, 4) is 0 Å². The number of nitrogens with two attached hydrogens (primary N) is 2. The first-order chi connectivity index (χ1) is 26.0. The second kappa shape index (κ2) is 21.2. The van der Waals surface area contributed by atoms with Crippen LogP contribution in [0.4, 0.5) is 49.6 Å². The Bertz CT molecular complexity index is 1720. The predicted octanol–water partition coefficient (Wildman–Crippen LogP) is 2.04. The topological polar surface area (TPSA) is 279 Å². The highest BCUT2D eigenvalue weighted by Gasteiger charge is 2.40. The SMILES string of the molecule is NC(N)=NC[C@H]1Cc2cc(CN[C@H]3CNC[C@@H]3O)ccc2[C@@H]1NC(=O)C(=O)Nc1ccc(Cl)c(F)c1.O=C(O)C(F)(F)F.O=C(O)C(F)(F)F.O=C(O)C(F)(F)F. The number of guanidine groups is 1. The lowest BCUT2D eigenvalue weighted by atomic mass is 10.0. The predicted molar refractivity (Wildman–Crippen MR) is 176 cm³/mol. The molecule has 12 N–H and O–H groups in total. The molecule has 318 valence electrons. The Morgan fingerprint density at radius 1 is 0.825 bits per heavy atom. The molecule has 4 rings (SSSR count). The van der Waals surface area contributed by atoms with Crippen LogP contribution in [0.2, 0.25) is 5.02 Å². The fraction of sp³-hybridized carbons (Fsp3) is 0.400. The number of carbonyl (C=O) groups excluding carboxylic acids is 2. The van der Waals surface area contributed by atoms with Crippen molar-refractivity contribution in [3.63, 3.8) is 0 Å². The van der Waals surface area contributed by atoms with E-state index in [0.29, 0.717) is 26.1 Å². The number of aliphatic carboxylic acids is 3. The number of β-amino-alcohol motifs (C(OH)–C–C–N with tert-alkyl or cyclic N) is 1. The summed E-state index contributed by atoms with van der Waals surface area (Å²) in [5.74, 6) is -11.0. The van der Waals surface area contributed by atoms with Gasteiger partial charge in [0.05, 0.1) is 17.2 Å². The lowest BCUT2D eigenvalue weighted by Crippen LogP contribution is -2.40. The number of carboxylic acids is 3. The maximum Gasteiger partial charge on any atom is 0.490 e. The minimum Gasteiger partial charge on any atom is -0.475 e. The monoisotopic (exact) mass is 859 g/mol. The number of carboxylic acid groups (broad SMARTS) is 3. The van der Waals surface area contributed by atoms with Crippen LogP contribution in [0.3, 0.4) is 0 Å². The Labute approximate surface area is 318 Å². The molecule has 27 heteroatoms. The number of carbonyl (C=O) groups is 5. The molecule has 4 atom stereocenters. The molecule has 1 aliphatic heterocycles. The van der Waals surface area contributed by atoms with E-state index in [1.165, 1.54) is 12.1 Å². The number of fused-ring (bicyclic) bond motifs is 1. The molecular weight excluding hydrogens is 828 g/mol. The molecule has 2 aromatic carbocycles. The molecule has 0 spiro atoms. The minimum atomic E-state index is -5.08. The molecule has 1 fully saturated rings. The van der Waals surface area contributed by atoms with Crippen molar-refractivity contribution in [2.45, 2.75) is 49.7 Å². The summed E-state index contributed by atoms with van der Waals surface area (Å²) >= 11 is 5.67. The van der Waals surface area contributed by atoms with Gasteiger partial charge in [-0.25, -0.2) is 18.8 Å². The maximum atomic E-state index is 13.7. The van der Waals surface area contributed by atoms with Gasteiger partial charge in [-0.2, -0.15) is 39.5 Å². The molecule has 0 saturated carbocycles. The van der Waals surface area contributed by atoms with E-state index in [2.05, 4.69) is 26.3 Å². The molecule has 2 aromatic rings. The third-order valence-electron chi connectivity index (χ3n) is 7.15. The number of nitrogens with zero attached hydrogens (tertiary/aromatic N) is 1. The van der Waals surface area contributed by atoms with E-state index in [9.17, 15) is 58.6 Å². The van der Waals surface area contributed by atoms with E-state index in [1.54, 1.807) is 0 Å². The minimum absolute atomic E-state index is 0.0208. The van der Waals surface area contributed by atoms with Gasteiger partial charge in [-0.15, -0.1) is 0 Å². The van der Waals surface area contributed by atoms with Gasteiger partial charge in [0.1, 0.15) is 5.82 Å². The fourth-order valence-corrected chi connectivity index (χ4v) is 4.70. The largest absolute Gasteiger partial charge is 0.490 e. The third-order valence-corrected chi connectivity index (χ3v) is 7.46. The Balaban J connectivity index is 0.000000632. The second-order valence-corrected chi connectivity index (χ2v) is 11.8. The zero-order valence-corrected chi connectivity index (χ0v) is 29.2. The number of anilines is 1. The second-order valence-electron chi connectivity index (χ2n) is 11.4. The maximum absolute atomic E-state index is 13.7. The average Bonchev–Trinajstić information content (AvgIpc) is 3.65. The summed E-state index contributed by atoms with van der Waals surface area (Å²) in [4.78, 5) is 56.0. The first kappa shape index (κ1) is 49.5. The first-order valence-corrected chi connectivity index (χ1v) is 15.7. The number of hydrogen-bond donors (Lipinski definition) is 10. The van der Waals surface area contributed by atoms with Gasteiger partial charge in [-0.05, 0) is 41.3 Å². The average molecular weight is 860 g/mol. The van der Waals surface area contributed by atoms with E-state index in [1.807, 2.05) is 18.2 Å². The molecule has 1 heterocycles. The fourth-order valence-electron chi connectivity index (χ4n) is 4.58.